The minimum atomic E-state index is 0.173. The maximum atomic E-state index is 9.24. The van der Waals surface area contributed by atoms with Crippen LogP contribution in [-0.4, -0.2) is 9.67 Å². The highest BCUT2D eigenvalue weighted by molar-refractivity contribution is 5.26. The largest absolute Gasteiger partial charge is 0.392 e. The molecule has 0 spiro atoms. The van der Waals surface area contributed by atoms with Gasteiger partial charge in [0.05, 0.1) is 6.61 Å². The van der Waals surface area contributed by atoms with Crippen LogP contribution in [0.1, 0.15) is 55.1 Å². The SMILES string of the molecule is Cc1cc(CO)c(C)n1C1CCCCC1. The second-order valence-electron chi connectivity index (χ2n) is 4.72. The molecular formula is C13H21NO. The van der Waals surface area contributed by atoms with Crippen LogP contribution in [0.25, 0.3) is 0 Å². The van der Waals surface area contributed by atoms with Gasteiger partial charge in [-0.15, -0.1) is 0 Å². The first-order valence-corrected chi connectivity index (χ1v) is 6.02. The molecule has 2 heteroatoms. The van der Waals surface area contributed by atoms with Crippen molar-refractivity contribution in [2.24, 2.45) is 0 Å². The molecule has 1 saturated carbocycles. The van der Waals surface area contributed by atoms with E-state index in [0.29, 0.717) is 6.04 Å². The summed E-state index contributed by atoms with van der Waals surface area (Å²) in [6.07, 6.45) is 6.72. The van der Waals surface area contributed by atoms with Crippen molar-refractivity contribution in [1.82, 2.24) is 4.57 Å². The Labute approximate surface area is 91.9 Å². The molecule has 1 N–H and O–H groups in total. The Bertz CT molecular complexity index is 335. The Hall–Kier alpha value is -0.760. The number of aryl methyl sites for hydroxylation is 1. The van der Waals surface area contributed by atoms with Gasteiger partial charge in [0.2, 0.25) is 0 Å². The summed E-state index contributed by atoms with van der Waals surface area (Å²) in [5, 5.41) is 9.24. The van der Waals surface area contributed by atoms with Crippen molar-refractivity contribution >= 4 is 0 Å². The number of rotatable bonds is 2. The van der Waals surface area contributed by atoms with E-state index >= 15 is 0 Å². The third-order valence-corrected chi connectivity index (χ3v) is 3.70. The van der Waals surface area contributed by atoms with Crippen LogP contribution in [0.4, 0.5) is 0 Å². The first-order valence-electron chi connectivity index (χ1n) is 6.02. The van der Waals surface area contributed by atoms with Gasteiger partial charge in [0.25, 0.3) is 0 Å². The molecule has 1 fully saturated rings. The number of hydrogen-bond acceptors (Lipinski definition) is 1. The smallest absolute Gasteiger partial charge is 0.0699 e. The molecule has 0 aliphatic heterocycles. The van der Waals surface area contributed by atoms with Gasteiger partial charge in [-0.05, 0) is 38.3 Å². The van der Waals surface area contributed by atoms with Crippen molar-refractivity contribution < 1.29 is 5.11 Å². The average Bonchev–Trinajstić information content (AvgIpc) is 2.55. The van der Waals surface area contributed by atoms with E-state index in [1.165, 1.54) is 43.5 Å². The molecule has 1 aliphatic rings. The van der Waals surface area contributed by atoms with E-state index in [1.807, 2.05) is 0 Å². The van der Waals surface area contributed by atoms with Gasteiger partial charge >= 0.3 is 0 Å². The summed E-state index contributed by atoms with van der Waals surface area (Å²) >= 11 is 0. The Balaban J connectivity index is 2.29. The molecule has 84 valence electrons. The lowest BCUT2D eigenvalue weighted by atomic mass is 9.95. The van der Waals surface area contributed by atoms with Gasteiger partial charge in [0.1, 0.15) is 0 Å². The Morgan fingerprint density at radius 1 is 1.27 bits per heavy atom. The van der Waals surface area contributed by atoms with E-state index in [9.17, 15) is 5.11 Å². The van der Waals surface area contributed by atoms with Crippen molar-refractivity contribution in [1.29, 1.82) is 0 Å². The highest BCUT2D eigenvalue weighted by Crippen LogP contribution is 2.32. The maximum absolute atomic E-state index is 9.24. The fraction of sp³-hybridized carbons (Fsp3) is 0.692. The number of aromatic nitrogens is 1. The van der Waals surface area contributed by atoms with Gasteiger partial charge in [-0.25, -0.2) is 0 Å². The molecule has 1 heterocycles. The molecule has 0 saturated heterocycles. The fourth-order valence-electron chi connectivity index (χ4n) is 2.91. The quantitative estimate of drug-likeness (QED) is 0.792. The molecule has 1 aromatic rings. The zero-order valence-corrected chi connectivity index (χ0v) is 9.79. The van der Waals surface area contributed by atoms with Crippen LogP contribution in [0, 0.1) is 13.8 Å². The molecule has 0 radical (unpaired) electrons. The van der Waals surface area contributed by atoms with E-state index in [4.69, 9.17) is 0 Å². The Kier molecular flexibility index (Phi) is 3.15. The fourth-order valence-corrected chi connectivity index (χ4v) is 2.91. The third-order valence-electron chi connectivity index (χ3n) is 3.70. The zero-order chi connectivity index (χ0) is 10.8. The summed E-state index contributed by atoms with van der Waals surface area (Å²) < 4.78 is 2.44. The normalized spacial score (nSPS) is 18.3. The van der Waals surface area contributed by atoms with Crippen LogP contribution in [0.5, 0.6) is 0 Å². The minimum absolute atomic E-state index is 0.173. The van der Waals surface area contributed by atoms with Crippen molar-refractivity contribution in [2.75, 3.05) is 0 Å². The summed E-state index contributed by atoms with van der Waals surface area (Å²) in [7, 11) is 0. The minimum Gasteiger partial charge on any atom is -0.392 e. The monoisotopic (exact) mass is 207 g/mol. The molecule has 0 amide bonds. The lowest BCUT2D eigenvalue weighted by Gasteiger charge is -2.26. The second kappa shape index (κ2) is 4.40. The van der Waals surface area contributed by atoms with Gasteiger partial charge in [-0.2, -0.15) is 0 Å². The predicted octanol–water partition coefficient (Wildman–Crippen LogP) is 3.10. The second-order valence-corrected chi connectivity index (χ2v) is 4.72. The maximum Gasteiger partial charge on any atom is 0.0699 e. The molecular weight excluding hydrogens is 186 g/mol. The standard InChI is InChI=1S/C13H21NO/c1-10-8-12(9-15)11(2)14(10)13-6-4-3-5-7-13/h8,13,15H,3-7,9H2,1-2H3. The Morgan fingerprint density at radius 3 is 2.47 bits per heavy atom. The molecule has 2 rings (SSSR count). The molecule has 0 atom stereocenters. The van der Waals surface area contributed by atoms with Crippen LogP contribution in [0.3, 0.4) is 0 Å². The lowest BCUT2D eigenvalue weighted by molar-refractivity contribution is 0.279. The lowest BCUT2D eigenvalue weighted by Crippen LogP contribution is -2.15. The van der Waals surface area contributed by atoms with E-state index in [1.54, 1.807) is 0 Å². The van der Waals surface area contributed by atoms with Crippen LogP contribution < -0.4 is 0 Å². The molecule has 0 aromatic carbocycles. The predicted molar refractivity (Wildman–Crippen MR) is 62.0 cm³/mol. The summed E-state index contributed by atoms with van der Waals surface area (Å²) in [5.74, 6) is 0. The topological polar surface area (TPSA) is 25.2 Å². The Morgan fingerprint density at radius 2 is 1.93 bits per heavy atom. The molecule has 1 aliphatic carbocycles. The number of aliphatic hydroxyl groups is 1. The first kappa shape index (κ1) is 10.7. The summed E-state index contributed by atoms with van der Waals surface area (Å²) in [4.78, 5) is 0. The molecule has 15 heavy (non-hydrogen) atoms. The number of hydrogen-bond donors (Lipinski definition) is 1. The molecule has 2 nitrogen and oxygen atoms in total. The van der Waals surface area contributed by atoms with Gasteiger partial charge in [0, 0.05) is 17.4 Å². The summed E-state index contributed by atoms with van der Waals surface area (Å²) in [6.45, 7) is 4.46. The molecule has 1 aromatic heterocycles. The highest BCUT2D eigenvalue weighted by Gasteiger charge is 2.19. The number of nitrogens with zero attached hydrogens (tertiary/aromatic N) is 1. The van der Waals surface area contributed by atoms with Crippen LogP contribution in [0.2, 0.25) is 0 Å². The highest BCUT2D eigenvalue weighted by atomic mass is 16.3. The van der Waals surface area contributed by atoms with E-state index < -0.39 is 0 Å². The van der Waals surface area contributed by atoms with Crippen molar-refractivity contribution in [3.63, 3.8) is 0 Å². The third kappa shape index (κ3) is 1.96. The van der Waals surface area contributed by atoms with Crippen LogP contribution in [-0.2, 0) is 6.61 Å². The first-order chi connectivity index (χ1) is 7.24. The zero-order valence-electron chi connectivity index (χ0n) is 9.79. The summed E-state index contributed by atoms with van der Waals surface area (Å²) in [6, 6.07) is 2.81. The van der Waals surface area contributed by atoms with Crippen molar-refractivity contribution in [2.45, 2.75) is 58.6 Å². The van der Waals surface area contributed by atoms with Gasteiger partial charge in [-0.3, -0.25) is 0 Å². The van der Waals surface area contributed by atoms with Crippen LogP contribution in [0.15, 0.2) is 6.07 Å². The van der Waals surface area contributed by atoms with E-state index in [2.05, 4.69) is 24.5 Å². The number of aliphatic hydroxyl groups excluding tert-OH is 1. The van der Waals surface area contributed by atoms with Gasteiger partial charge in [0.15, 0.2) is 0 Å². The summed E-state index contributed by atoms with van der Waals surface area (Å²) in [5.41, 5.74) is 3.67. The van der Waals surface area contributed by atoms with Crippen molar-refractivity contribution in [3.8, 4) is 0 Å². The van der Waals surface area contributed by atoms with Gasteiger partial charge < -0.3 is 9.67 Å². The van der Waals surface area contributed by atoms with E-state index in [0.717, 1.165) is 5.56 Å². The van der Waals surface area contributed by atoms with Crippen molar-refractivity contribution in [3.05, 3.63) is 23.0 Å². The van der Waals surface area contributed by atoms with E-state index in [-0.39, 0.29) is 6.61 Å². The average molecular weight is 207 g/mol. The molecule has 0 unspecified atom stereocenters. The molecule has 0 bridgehead atoms. The van der Waals surface area contributed by atoms with Crippen LogP contribution >= 0.6 is 0 Å². The van der Waals surface area contributed by atoms with Gasteiger partial charge in [-0.1, -0.05) is 19.3 Å².